The van der Waals surface area contributed by atoms with Gasteiger partial charge in [0, 0.05) is 29.8 Å². The highest BCUT2D eigenvalue weighted by molar-refractivity contribution is 5.58. The topological polar surface area (TPSA) is 24.9 Å². The third kappa shape index (κ3) is 4.42. The van der Waals surface area contributed by atoms with Crippen LogP contribution in [0.3, 0.4) is 0 Å². The smallest absolute Gasteiger partial charge is 0.123 e. The van der Waals surface area contributed by atoms with E-state index in [0.717, 1.165) is 29.9 Å². The molecule has 0 radical (unpaired) electrons. The highest BCUT2D eigenvalue weighted by Crippen LogP contribution is 2.18. The molecule has 0 saturated heterocycles. The lowest BCUT2D eigenvalue weighted by Crippen LogP contribution is -2.37. The zero-order valence-corrected chi connectivity index (χ0v) is 12.3. The summed E-state index contributed by atoms with van der Waals surface area (Å²) in [6.45, 7) is 7.31. The number of benzene rings is 1. The van der Waals surface area contributed by atoms with Gasteiger partial charge in [-0.3, -0.25) is 4.98 Å². The number of pyridine rings is 1. The maximum absolute atomic E-state index is 13.2. The molecule has 0 saturated carbocycles. The Morgan fingerprint density at radius 2 is 1.85 bits per heavy atom. The molecule has 20 heavy (non-hydrogen) atoms. The average molecular weight is 272 g/mol. The molecule has 1 heterocycles. The zero-order valence-electron chi connectivity index (χ0n) is 12.3. The second-order valence-electron chi connectivity index (χ2n) is 5.95. The van der Waals surface area contributed by atoms with Gasteiger partial charge in [-0.1, -0.05) is 18.2 Å². The molecule has 0 aliphatic carbocycles. The molecule has 1 N–H and O–H groups in total. The highest BCUT2D eigenvalue weighted by atomic mass is 19.1. The summed E-state index contributed by atoms with van der Waals surface area (Å²) in [4.78, 5) is 4.60. The molecular formula is C17H21FN2. The summed E-state index contributed by atoms with van der Waals surface area (Å²) in [7, 11) is 0. The first-order chi connectivity index (χ1) is 9.44. The molecule has 1 aromatic heterocycles. The van der Waals surface area contributed by atoms with Gasteiger partial charge in [0.15, 0.2) is 0 Å². The fourth-order valence-corrected chi connectivity index (χ4v) is 1.99. The molecule has 0 fully saturated rings. The molecule has 0 aliphatic heterocycles. The molecule has 106 valence electrons. The Morgan fingerprint density at radius 1 is 1.10 bits per heavy atom. The van der Waals surface area contributed by atoms with Crippen LogP contribution in [0.2, 0.25) is 0 Å². The third-order valence-electron chi connectivity index (χ3n) is 2.96. The predicted molar refractivity (Wildman–Crippen MR) is 81.1 cm³/mol. The molecule has 3 heteroatoms. The predicted octanol–water partition coefficient (Wildman–Crippen LogP) is 3.82. The van der Waals surface area contributed by atoms with E-state index in [1.807, 2.05) is 24.3 Å². The first-order valence-corrected chi connectivity index (χ1v) is 6.91. The van der Waals surface area contributed by atoms with E-state index in [0.29, 0.717) is 0 Å². The number of rotatable bonds is 4. The van der Waals surface area contributed by atoms with Gasteiger partial charge in [-0.15, -0.1) is 0 Å². The van der Waals surface area contributed by atoms with Crippen molar-refractivity contribution in [1.29, 1.82) is 0 Å². The minimum Gasteiger partial charge on any atom is -0.312 e. The molecule has 0 amide bonds. The van der Waals surface area contributed by atoms with Crippen molar-refractivity contribution in [1.82, 2.24) is 10.3 Å². The van der Waals surface area contributed by atoms with E-state index in [1.54, 1.807) is 6.07 Å². The van der Waals surface area contributed by atoms with E-state index in [4.69, 9.17) is 0 Å². The van der Waals surface area contributed by atoms with Crippen molar-refractivity contribution >= 4 is 0 Å². The summed E-state index contributed by atoms with van der Waals surface area (Å²) < 4.78 is 13.2. The summed E-state index contributed by atoms with van der Waals surface area (Å²) in [6.07, 6.45) is 0.862. The van der Waals surface area contributed by atoms with Crippen LogP contribution in [-0.4, -0.2) is 17.1 Å². The van der Waals surface area contributed by atoms with Crippen LogP contribution in [0, 0.1) is 5.82 Å². The molecule has 1 aromatic carbocycles. The molecular weight excluding hydrogens is 251 g/mol. The fraction of sp³-hybridized carbons (Fsp3) is 0.353. The number of aromatic nitrogens is 1. The largest absolute Gasteiger partial charge is 0.312 e. The molecule has 2 nitrogen and oxygen atoms in total. The van der Waals surface area contributed by atoms with E-state index in [-0.39, 0.29) is 11.4 Å². The van der Waals surface area contributed by atoms with Crippen LogP contribution < -0.4 is 5.32 Å². The second kappa shape index (κ2) is 6.14. The van der Waals surface area contributed by atoms with Gasteiger partial charge in [-0.25, -0.2) is 4.39 Å². The molecule has 0 spiro atoms. The number of nitrogens with one attached hydrogen (secondary N) is 1. The van der Waals surface area contributed by atoms with E-state index in [9.17, 15) is 4.39 Å². The van der Waals surface area contributed by atoms with Crippen molar-refractivity contribution in [3.8, 4) is 11.3 Å². The van der Waals surface area contributed by atoms with Crippen molar-refractivity contribution in [2.75, 3.05) is 6.54 Å². The van der Waals surface area contributed by atoms with Crippen LogP contribution in [0.15, 0.2) is 42.5 Å². The number of hydrogen-bond donors (Lipinski definition) is 1. The molecule has 0 unspecified atom stereocenters. The monoisotopic (exact) mass is 272 g/mol. The lowest BCUT2D eigenvalue weighted by molar-refractivity contribution is 0.428. The molecule has 2 rings (SSSR count). The molecule has 0 aliphatic rings. The average Bonchev–Trinajstić information content (AvgIpc) is 2.38. The Bertz CT molecular complexity index is 573. The first kappa shape index (κ1) is 14.7. The first-order valence-electron chi connectivity index (χ1n) is 6.91. The van der Waals surface area contributed by atoms with Crippen LogP contribution in [0.4, 0.5) is 4.39 Å². The van der Waals surface area contributed by atoms with Gasteiger partial charge >= 0.3 is 0 Å². The molecule has 2 aromatic rings. The van der Waals surface area contributed by atoms with Crippen molar-refractivity contribution in [2.45, 2.75) is 32.7 Å². The summed E-state index contributed by atoms with van der Waals surface area (Å²) in [5.74, 6) is -0.232. The fourth-order valence-electron chi connectivity index (χ4n) is 1.99. The SMILES string of the molecule is CC(C)(C)NCCc1cccc(-c2cccc(F)c2)n1. The van der Waals surface area contributed by atoms with Crippen LogP contribution in [0.25, 0.3) is 11.3 Å². The number of halogens is 1. The molecule has 0 bridgehead atoms. The zero-order chi connectivity index (χ0) is 14.6. The Balaban J connectivity index is 2.08. The summed E-state index contributed by atoms with van der Waals surface area (Å²) in [5.41, 5.74) is 2.76. The normalized spacial score (nSPS) is 11.6. The van der Waals surface area contributed by atoms with E-state index in [1.165, 1.54) is 12.1 Å². The maximum Gasteiger partial charge on any atom is 0.123 e. The molecule has 0 atom stereocenters. The van der Waals surface area contributed by atoms with E-state index in [2.05, 4.69) is 31.1 Å². The van der Waals surface area contributed by atoms with Gasteiger partial charge in [0.25, 0.3) is 0 Å². The van der Waals surface area contributed by atoms with Gasteiger partial charge in [0.2, 0.25) is 0 Å². The van der Waals surface area contributed by atoms with Crippen LogP contribution in [0.1, 0.15) is 26.5 Å². The van der Waals surface area contributed by atoms with Crippen molar-refractivity contribution in [3.05, 3.63) is 54.0 Å². The Labute approximate surface area is 120 Å². The summed E-state index contributed by atoms with van der Waals surface area (Å²) in [5, 5.41) is 3.44. The van der Waals surface area contributed by atoms with Gasteiger partial charge in [0.05, 0.1) is 5.69 Å². The third-order valence-corrected chi connectivity index (χ3v) is 2.96. The van der Waals surface area contributed by atoms with E-state index < -0.39 is 0 Å². The summed E-state index contributed by atoms with van der Waals surface area (Å²) in [6, 6.07) is 12.4. The quantitative estimate of drug-likeness (QED) is 0.915. The van der Waals surface area contributed by atoms with Crippen LogP contribution in [0.5, 0.6) is 0 Å². The Kier molecular flexibility index (Phi) is 4.50. The highest BCUT2D eigenvalue weighted by Gasteiger charge is 2.08. The second-order valence-corrected chi connectivity index (χ2v) is 5.95. The van der Waals surface area contributed by atoms with Gasteiger partial charge in [0.1, 0.15) is 5.82 Å². The standard InChI is InChI=1S/C17H21FN2/c1-17(2,3)19-11-10-15-8-5-9-16(20-15)13-6-4-7-14(18)12-13/h4-9,12,19H,10-11H2,1-3H3. The number of hydrogen-bond acceptors (Lipinski definition) is 2. The van der Waals surface area contributed by atoms with Gasteiger partial charge < -0.3 is 5.32 Å². The van der Waals surface area contributed by atoms with Crippen molar-refractivity contribution in [3.63, 3.8) is 0 Å². The Hall–Kier alpha value is -1.74. The van der Waals surface area contributed by atoms with Crippen LogP contribution >= 0.6 is 0 Å². The van der Waals surface area contributed by atoms with Gasteiger partial charge in [-0.2, -0.15) is 0 Å². The van der Waals surface area contributed by atoms with Crippen LogP contribution in [-0.2, 0) is 6.42 Å². The van der Waals surface area contributed by atoms with Gasteiger partial charge in [-0.05, 0) is 45.0 Å². The lowest BCUT2D eigenvalue weighted by atomic mass is 10.1. The minimum absolute atomic E-state index is 0.111. The van der Waals surface area contributed by atoms with Crippen molar-refractivity contribution in [2.24, 2.45) is 0 Å². The van der Waals surface area contributed by atoms with Crippen molar-refractivity contribution < 1.29 is 4.39 Å². The Morgan fingerprint density at radius 3 is 2.55 bits per heavy atom. The minimum atomic E-state index is -0.232. The van der Waals surface area contributed by atoms with E-state index >= 15 is 0 Å². The summed E-state index contributed by atoms with van der Waals surface area (Å²) >= 11 is 0. The lowest BCUT2D eigenvalue weighted by Gasteiger charge is -2.20. The number of nitrogens with zero attached hydrogens (tertiary/aromatic N) is 1. The maximum atomic E-state index is 13.2.